The molecule has 98 valence electrons. The number of hydrogen-bond donors (Lipinski definition) is 1. The third-order valence-corrected chi connectivity index (χ3v) is 5.92. The van der Waals surface area contributed by atoms with E-state index in [1.165, 1.54) is 44.9 Å². The minimum absolute atomic E-state index is 0.408. The number of hydrogen-bond acceptors (Lipinski definition) is 2. The predicted octanol–water partition coefficient (Wildman–Crippen LogP) is 3.67. The average molecular weight is 237 g/mol. The van der Waals surface area contributed by atoms with Gasteiger partial charge in [0.1, 0.15) is 0 Å². The van der Waals surface area contributed by atoms with E-state index >= 15 is 0 Å². The van der Waals surface area contributed by atoms with Crippen LogP contribution in [0.15, 0.2) is 0 Å². The molecule has 0 aromatic rings. The Morgan fingerprint density at radius 3 is 2.35 bits per heavy atom. The molecule has 17 heavy (non-hydrogen) atoms. The van der Waals surface area contributed by atoms with Crippen LogP contribution in [0, 0.1) is 16.7 Å². The van der Waals surface area contributed by atoms with Crippen LogP contribution < -0.4 is 5.48 Å². The molecule has 0 aromatic heterocycles. The molecular formula is C15H27NO. The van der Waals surface area contributed by atoms with Gasteiger partial charge in [-0.15, -0.1) is 0 Å². The predicted molar refractivity (Wildman–Crippen MR) is 69.5 cm³/mol. The molecule has 1 N–H and O–H groups in total. The third kappa shape index (κ3) is 1.84. The van der Waals surface area contributed by atoms with Crippen molar-refractivity contribution in [3.05, 3.63) is 0 Å². The standard InChI is InChI=1S/C15H27NO/c1-14(2)11-8-9-15(3,10-11)13(14)16-17-12-6-4-5-7-12/h11-13,16H,4-10H2,1-3H3/t11-,13?,15+/m0/s1. The summed E-state index contributed by atoms with van der Waals surface area (Å²) in [5.41, 5.74) is 4.37. The Bertz CT molecular complexity index is 291. The SMILES string of the molecule is CC1(C)C(NOC2CCCC2)[C@]2(C)CC[C@H]1C2. The Morgan fingerprint density at radius 2 is 1.76 bits per heavy atom. The minimum Gasteiger partial charge on any atom is -0.298 e. The van der Waals surface area contributed by atoms with Crippen molar-refractivity contribution < 1.29 is 4.84 Å². The summed E-state index contributed by atoms with van der Waals surface area (Å²) in [5, 5.41) is 0. The third-order valence-electron chi connectivity index (χ3n) is 5.92. The van der Waals surface area contributed by atoms with Crippen LogP contribution in [0.5, 0.6) is 0 Å². The first-order valence-corrected chi connectivity index (χ1v) is 7.43. The number of rotatable bonds is 3. The minimum atomic E-state index is 0.408. The van der Waals surface area contributed by atoms with E-state index in [1.54, 1.807) is 0 Å². The largest absolute Gasteiger partial charge is 0.298 e. The number of nitrogens with one attached hydrogen (secondary N) is 1. The Morgan fingerprint density at radius 1 is 1.06 bits per heavy atom. The summed E-state index contributed by atoms with van der Waals surface area (Å²) in [6.07, 6.45) is 9.87. The number of hydroxylamine groups is 1. The smallest absolute Gasteiger partial charge is 0.0790 e. The van der Waals surface area contributed by atoms with E-state index in [2.05, 4.69) is 26.3 Å². The van der Waals surface area contributed by atoms with Gasteiger partial charge in [-0.3, -0.25) is 4.84 Å². The Balaban J connectivity index is 1.65. The van der Waals surface area contributed by atoms with Gasteiger partial charge in [0.15, 0.2) is 0 Å². The highest BCUT2D eigenvalue weighted by Crippen LogP contribution is 2.62. The zero-order valence-electron chi connectivity index (χ0n) is 11.6. The van der Waals surface area contributed by atoms with E-state index in [9.17, 15) is 0 Å². The van der Waals surface area contributed by atoms with Gasteiger partial charge < -0.3 is 0 Å². The highest BCUT2D eigenvalue weighted by atomic mass is 16.7. The van der Waals surface area contributed by atoms with Gasteiger partial charge >= 0.3 is 0 Å². The lowest BCUT2D eigenvalue weighted by Gasteiger charge is -2.43. The molecule has 0 radical (unpaired) electrons. The van der Waals surface area contributed by atoms with E-state index in [0.717, 1.165) is 5.92 Å². The van der Waals surface area contributed by atoms with Crippen LogP contribution >= 0.6 is 0 Å². The molecule has 3 aliphatic rings. The van der Waals surface area contributed by atoms with Crippen molar-refractivity contribution in [2.45, 2.75) is 77.9 Å². The van der Waals surface area contributed by atoms with Gasteiger partial charge in [-0.2, -0.15) is 5.48 Å². The van der Waals surface area contributed by atoms with Gasteiger partial charge in [0.05, 0.1) is 6.10 Å². The molecule has 0 amide bonds. The van der Waals surface area contributed by atoms with Gasteiger partial charge in [-0.05, 0) is 48.9 Å². The van der Waals surface area contributed by atoms with Crippen LogP contribution in [0.3, 0.4) is 0 Å². The van der Waals surface area contributed by atoms with Crippen LogP contribution in [0.4, 0.5) is 0 Å². The molecule has 3 rings (SSSR count). The molecule has 3 fully saturated rings. The Kier molecular flexibility index (Phi) is 2.79. The van der Waals surface area contributed by atoms with Gasteiger partial charge in [-0.1, -0.05) is 33.6 Å². The normalized spacial score (nSPS) is 44.6. The molecular weight excluding hydrogens is 210 g/mol. The Hall–Kier alpha value is -0.0800. The molecule has 0 spiro atoms. The van der Waals surface area contributed by atoms with Crippen LogP contribution in [0.25, 0.3) is 0 Å². The maximum Gasteiger partial charge on any atom is 0.0790 e. The summed E-state index contributed by atoms with van der Waals surface area (Å²) in [4.78, 5) is 5.99. The topological polar surface area (TPSA) is 21.3 Å². The summed E-state index contributed by atoms with van der Waals surface area (Å²) < 4.78 is 0. The van der Waals surface area contributed by atoms with Crippen LogP contribution in [0.2, 0.25) is 0 Å². The fraction of sp³-hybridized carbons (Fsp3) is 1.00. The molecule has 0 heterocycles. The van der Waals surface area contributed by atoms with Crippen LogP contribution in [-0.2, 0) is 4.84 Å². The van der Waals surface area contributed by atoms with Gasteiger partial charge in [0.2, 0.25) is 0 Å². The van der Waals surface area contributed by atoms with E-state index in [0.29, 0.717) is 23.0 Å². The average Bonchev–Trinajstić information content (AvgIpc) is 2.90. The maximum absolute atomic E-state index is 5.99. The van der Waals surface area contributed by atoms with Crippen LogP contribution in [-0.4, -0.2) is 12.1 Å². The molecule has 2 nitrogen and oxygen atoms in total. The molecule has 2 heteroatoms. The summed E-state index contributed by atoms with van der Waals surface area (Å²) in [6, 6.07) is 0.550. The summed E-state index contributed by atoms with van der Waals surface area (Å²) >= 11 is 0. The van der Waals surface area contributed by atoms with Crippen molar-refractivity contribution in [1.82, 2.24) is 5.48 Å². The molecule has 0 aliphatic heterocycles. The number of fused-ring (bicyclic) bond motifs is 2. The first-order chi connectivity index (χ1) is 8.02. The fourth-order valence-corrected chi connectivity index (χ4v) is 4.77. The lowest BCUT2D eigenvalue weighted by molar-refractivity contribution is -0.0884. The van der Waals surface area contributed by atoms with Crippen molar-refractivity contribution >= 4 is 0 Å². The maximum atomic E-state index is 5.99. The van der Waals surface area contributed by atoms with E-state index in [4.69, 9.17) is 4.84 Å². The molecule has 1 unspecified atom stereocenters. The molecule has 0 aromatic carbocycles. The molecule has 3 atom stereocenters. The lowest BCUT2D eigenvalue weighted by Crippen LogP contribution is -2.51. The zero-order valence-corrected chi connectivity index (χ0v) is 11.6. The van der Waals surface area contributed by atoms with Crippen molar-refractivity contribution in [1.29, 1.82) is 0 Å². The Labute approximate surface area is 105 Å². The van der Waals surface area contributed by atoms with Crippen molar-refractivity contribution in [2.24, 2.45) is 16.7 Å². The summed E-state index contributed by atoms with van der Waals surface area (Å²) in [5.74, 6) is 0.900. The van der Waals surface area contributed by atoms with Crippen molar-refractivity contribution in [3.63, 3.8) is 0 Å². The van der Waals surface area contributed by atoms with Crippen LogP contribution in [0.1, 0.15) is 65.7 Å². The van der Waals surface area contributed by atoms with Gasteiger partial charge in [-0.25, -0.2) is 0 Å². The first kappa shape index (κ1) is 12.0. The second-order valence-electron chi connectivity index (χ2n) is 7.49. The second-order valence-corrected chi connectivity index (χ2v) is 7.49. The molecule has 3 saturated carbocycles. The van der Waals surface area contributed by atoms with E-state index in [-0.39, 0.29) is 0 Å². The fourth-order valence-electron chi connectivity index (χ4n) is 4.77. The summed E-state index contributed by atoms with van der Waals surface area (Å²) in [7, 11) is 0. The van der Waals surface area contributed by atoms with Crippen molar-refractivity contribution in [2.75, 3.05) is 0 Å². The second kappa shape index (κ2) is 3.96. The van der Waals surface area contributed by atoms with Gasteiger partial charge in [0, 0.05) is 6.04 Å². The van der Waals surface area contributed by atoms with Crippen molar-refractivity contribution in [3.8, 4) is 0 Å². The highest BCUT2D eigenvalue weighted by molar-refractivity contribution is 5.11. The van der Waals surface area contributed by atoms with Gasteiger partial charge in [0.25, 0.3) is 0 Å². The quantitative estimate of drug-likeness (QED) is 0.756. The lowest BCUT2D eigenvalue weighted by atomic mass is 9.69. The molecule has 3 aliphatic carbocycles. The van der Waals surface area contributed by atoms with E-state index < -0.39 is 0 Å². The molecule has 2 bridgehead atoms. The highest BCUT2D eigenvalue weighted by Gasteiger charge is 2.59. The first-order valence-electron chi connectivity index (χ1n) is 7.43. The monoisotopic (exact) mass is 237 g/mol. The zero-order chi connectivity index (χ0) is 12.1. The van der Waals surface area contributed by atoms with E-state index in [1.807, 2.05) is 0 Å². The summed E-state index contributed by atoms with van der Waals surface area (Å²) in [6.45, 7) is 7.31. The molecule has 0 saturated heterocycles.